The minimum Gasteiger partial charge on any atom is -0.493 e. The van der Waals surface area contributed by atoms with E-state index < -0.39 is 5.97 Å². The molecule has 0 spiro atoms. The third kappa shape index (κ3) is 3.29. The van der Waals surface area contributed by atoms with Gasteiger partial charge in [-0.05, 0) is 36.8 Å². The molecule has 0 radical (unpaired) electrons. The number of hydrogen-bond acceptors (Lipinski definition) is 3. The third-order valence-corrected chi connectivity index (χ3v) is 3.78. The highest BCUT2D eigenvalue weighted by molar-refractivity contribution is 6.42. The molecule has 2 aromatic carbocycles. The van der Waals surface area contributed by atoms with E-state index in [1.54, 1.807) is 18.2 Å². The molecular weight excluding hydrogens is 327 g/mol. The molecule has 6 heteroatoms. The molecule has 0 aliphatic rings. The zero-order chi connectivity index (χ0) is 16.3. The fourth-order valence-corrected chi connectivity index (χ4v) is 2.35. The Morgan fingerprint density at radius 1 is 1.18 bits per heavy atom. The Morgan fingerprint density at radius 2 is 1.91 bits per heavy atom. The molecule has 0 aromatic heterocycles. The van der Waals surface area contributed by atoms with E-state index in [9.17, 15) is 9.90 Å². The second-order valence-electron chi connectivity index (χ2n) is 4.42. The summed E-state index contributed by atoms with van der Waals surface area (Å²) in [6.07, 6.45) is 0. The van der Waals surface area contributed by atoms with Crippen molar-refractivity contribution >= 4 is 29.2 Å². The average molecular weight is 341 g/mol. The predicted octanol–water partition coefficient (Wildman–Crippen LogP) is 4.77. The first-order chi connectivity index (χ1) is 10.5. The summed E-state index contributed by atoms with van der Waals surface area (Å²) < 4.78 is 10.9. The molecule has 116 valence electrons. The van der Waals surface area contributed by atoms with Crippen LogP contribution in [-0.2, 0) is 0 Å². The Balaban J connectivity index is 2.71. The van der Waals surface area contributed by atoms with Crippen LogP contribution in [0.4, 0.5) is 0 Å². The highest BCUT2D eigenvalue weighted by Crippen LogP contribution is 2.41. The monoisotopic (exact) mass is 340 g/mol. The van der Waals surface area contributed by atoms with Crippen molar-refractivity contribution in [3.05, 3.63) is 45.9 Å². The van der Waals surface area contributed by atoms with Crippen molar-refractivity contribution in [3.63, 3.8) is 0 Å². The fraction of sp³-hybridized carbons (Fsp3) is 0.188. The van der Waals surface area contributed by atoms with Crippen molar-refractivity contribution in [2.45, 2.75) is 6.92 Å². The van der Waals surface area contributed by atoms with Crippen molar-refractivity contribution in [1.82, 2.24) is 0 Å². The molecule has 0 unspecified atom stereocenters. The topological polar surface area (TPSA) is 55.8 Å². The highest BCUT2D eigenvalue weighted by atomic mass is 35.5. The second kappa shape index (κ2) is 6.90. The molecule has 2 rings (SSSR count). The van der Waals surface area contributed by atoms with Gasteiger partial charge in [0.15, 0.2) is 11.5 Å². The quantitative estimate of drug-likeness (QED) is 0.851. The largest absolute Gasteiger partial charge is 0.493 e. The summed E-state index contributed by atoms with van der Waals surface area (Å²) in [5, 5.41) is 10.0. The van der Waals surface area contributed by atoms with Crippen LogP contribution in [0.15, 0.2) is 30.3 Å². The van der Waals surface area contributed by atoms with Gasteiger partial charge in [-0.2, -0.15) is 0 Å². The number of carboxylic acid groups (broad SMARTS) is 1. The van der Waals surface area contributed by atoms with Crippen molar-refractivity contribution in [2.75, 3.05) is 13.7 Å². The molecule has 0 bridgehead atoms. The molecule has 0 saturated heterocycles. The number of rotatable bonds is 5. The zero-order valence-corrected chi connectivity index (χ0v) is 13.5. The standard InChI is InChI=1S/C16H14Cl2O4/c1-3-22-15-11(9-4-5-12(17)13(18)7-9)6-10(16(19)20)8-14(15)21-2/h4-8H,3H2,1-2H3,(H,19,20). The van der Waals surface area contributed by atoms with E-state index in [2.05, 4.69) is 0 Å². The lowest BCUT2D eigenvalue weighted by Crippen LogP contribution is -2.02. The molecule has 0 aliphatic carbocycles. The maximum atomic E-state index is 11.3. The molecule has 22 heavy (non-hydrogen) atoms. The molecule has 0 aliphatic heterocycles. The van der Waals surface area contributed by atoms with Crippen LogP contribution in [0.25, 0.3) is 11.1 Å². The van der Waals surface area contributed by atoms with Gasteiger partial charge in [-0.15, -0.1) is 0 Å². The number of halogens is 2. The minimum atomic E-state index is -1.05. The molecule has 0 heterocycles. The summed E-state index contributed by atoms with van der Waals surface area (Å²) in [7, 11) is 1.46. The lowest BCUT2D eigenvalue weighted by Gasteiger charge is -2.16. The molecule has 0 amide bonds. The van der Waals surface area contributed by atoms with Crippen molar-refractivity contribution < 1.29 is 19.4 Å². The summed E-state index contributed by atoms with van der Waals surface area (Å²) in [5.74, 6) is -0.237. The molecule has 0 saturated carbocycles. The zero-order valence-electron chi connectivity index (χ0n) is 12.0. The van der Waals surface area contributed by atoms with Crippen molar-refractivity contribution in [3.8, 4) is 22.6 Å². The Bertz CT molecular complexity index is 714. The Labute approximate surface area is 138 Å². The SMILES string of the molecule is CCOc1c(OC)cc(C(=O)O)cc1-c1ccc(Cl)c(Cl)c1. The number of carboxylic acids is 1. The maximum Gasteiger partial charge on any atom is 0.335 e. The lowest BCUT2D eigenvalue weighted by atomic mass is 10.0. The number of methoxy groups -OCH3 is 1. The van der Waals surface area contributed by atoms with Gasteiger partial charge in [-0.1, -0.05) is 29.3 Å². The van der Waals surface area contributed by atoms with Crippen molar-refractivity contribution in [1.29, 1.82) is 0 Å². The van der Waals surface area contributed by atoms with Crippen LogP contribution in [0.2, 0.25) is 10.0 Å². The summed E-state index contributed by atoms with van der Waals surface area (Å²) >= 11 is 12.0. The first-order valence-electron chi connectivity index (χ1n) is 6.51. The smallest absolute Gasteiger partial charge is 0.335 e. The lowest BCUT2D eigenvalue weighted by molar-refractivity contribution is 0.0696. The summed E-state index contributed by atoms with van der Waals surface area (Å²) in [6.45, 7) is 2.25. The predicted molar refractivity (Wildman–Crippen MR) is 86.6 cm³/mol. The van der Waals surface area contributed by atoms with Crippen LogP contribution < -0.4 is 9.47 Å². The molecule has 0 atom stereocenters. The van der Waals surface area contributed by atoms with Crippen LogP contribution in [0, 0.1) is 0 Å². The van der Waals surface area contributed by atoms with Gasteiger partial charge in [-0.25, -0.2) is 4.79 Å². The number of hydrogen-bond donors (Lipinski definition) is 1. The summed E-state index contributed by atoms with van der Waals surface area (Å²) in [4.78, 5) is 11.3. The second-order valence-corrected chi connectivity index (χ2v) is 5.24. The van der Waals surface area contributed by atoms with Gasteiger partial charge in [-0.3, -0.25) is 0 Å². The van der Waals surface area contributed by atoms with E-state index in [0.717, 1.165) is 0 Å². The number of ether oxygens (including phenoxy) is 2. The van der Waals surface area contributed by atoms with Gasteiger partial charge in [0, 0.05) is 5.56 Å². The van der Waals surface area contributed by atoms with Crippen LogP contribution in [0.5, 0.6) is 11.5 Å². The first-order valence-corrected chi connectivity index (χ1v) is 7.27. The van der Waals surface area contributed by atoms with E-state index in [-0.39, 0.29) is 5.56 Å². The Kier molecular flexibility index (Phi) is 5.16. The molecule has 2 aromatic rings. The van der Waals surface area contributed by atoms with E-state index in [0.29, 0.717) is 39.3 Å². The molecular formula is C16H14Cl2O4. The minimum absolute atomic E-state index is 0.0985. The van der Waals surface area contributed by atoms with Crippen LogP contribution in [0.3, 0.4) is 0 Å². The first kappa shape index (κ1) is 16.5. The summed E-state index contributed by atoms with van der Waals surface area (Å²) in [6, 6.07) is 8.00. The normalized spacial score (nSPS) is 10.4. The van der Waals surface area contributed by atoms with Crippen LogP contribution >= 0.6 is 23.2 Å². The molecule has 4 nitrogen and oxygen atoms in total. The fourth-order valence-electron chi connectivity index (χ4n) is 2.05. The highest BCUT2D eigenvalue weighted by Gasteiger charge is 2.18. The van der Waals surface area contributed by atoms with E-state index in [1.165, 1.54) is 19.2 Å². The number of benzene rings is 2. The van der Waals surface area contributed by atoms with Gasteiger partial charge in [0.05, 0.1) is 29.3 Å². The molecule has 0 fully saturated rings. The van der Waals surface area contributed by atoms with Gasteiger partial charge < -0.3 is 14.6 Å². The van der Waals surface area contributed by atoms with Gasteiger partial charge in [0.25, 0.3) is 0 Å². The van der Waals surface area contributed by atoms with Gasteiger partial charge >= 0.3 is 5.97 Å². The Morgan fingerprint density at radius 3 is 2.45 bits per heavy atom. The van der Waals surface area contributed by atoms with Crippen molar-refractivity contribution in [2.24, 2.45) is 0 Å². The van der Waals surface area contributed by atoms with E-state index in [1.807, 2.05) is 6.92 Å². The summed E-state index contributed by atoms with van der Waals surface area (Å²) in [5.41, 5.74) is 1.37. The number of aromatic carboxylic acids is 1. The molecule has 1 N–H and O–H groups in total. The Hall–Kier alpha value is -1.91. The van der Waals surface area contributed by atoms with Gasteiger partial charge in [0.2, 0.25) is 0 Å². The van der Waals surface area contributed by atoms with E-state index in [4.69, 9.17) is 32.7 Å². The van der Waals surface area contributed by atoms with Crippen LogP contribution in [0.1, 0.15) is 17.3 Å². The van der Waals surface area contributed by atoms with Gasteiger partial charge in [0.1, 0.15) is 0 Å². The number of carbonyl (C=O) groups is 1. The average Bonchev–Trinajstić information content (AvgIpc) is 2.50. The third-order valence-electron chi connectivity index (χ3n) is 3.04. The van der Waals surface area contributed by atoms with Crippen LogP contribution in [-0.4, -0.2) is 24.8 Å². The van der Waals surface area contributed by atoms with E-state index >= 15 is 0 Å². The maximum absolute atomic E-state index is 11.3.